The molecule has 2 N–H and O–H groups in total. The van der Waals surface area contributed by atoms with E-state index in [2.05, 4.69) is 53.7 Å². The molecule has 0 bridgehead atoms. The number of ether oxygens (including phenoxy) is 1. The van der Waals surface area contributed by atoms with Crippen LogP contribution in [0.3, 0.4) is 0 Å². The quantitative estimate of drug-likeness (QED) is 0.391. The molecule has 0 saturated carbocycles. The number of guanidine groups is 1. The standard InChI is InChI=1S/C25H33N5O2/c1-6-26-25(28-16-23(30(3)4)20-8-7-9-22(14-20)31-5)27-15-21-17-32-24(29-21)19-12-10-18(2)11-13-19/h7-14,17,23H,6,15-16H2,1-5H3,(H2,26,27,28). The van der Waals surface area contributed by atoms with Crippen LogP contribution in [0.4, 0.5) is 0 Å². The van der Waals surface area contributed by atoms with Crippen LogP contribution in [0.1, 0.15) is 29.8 Å². The summed E-state index contributed by atoms with van der Waals surface area (Å²) in [6.07, 6.45) is 1.67. The third-order valence-corrected chi connectivity index (χ3v) is 5.16. The van der Waals surface area contributed by atoms with Crippen molar-refractivity contribution in [3.05, 3.63) is 71.6 Å². The molecule has 0 aliphatic heterocycles. The van der Waals surface area contributed by atoms with Gasteiger partial charge in [-0.25, -0.2) is 9.98 Å². The molecule has 7 nitrogen and oxygen atoms in total. The van der Waals surface area contributed by atoms with Gasteiger partial charge in [0, 0.05) is 18.7 Å². The first-order valence-electron chi connectivity index (χ1n) is 10.8. The van der Waals surface area contributed by atoms with Gasteiger partial charge in [-0.3, -0.25) is 0 Å². The van der Waals surface area contributed by atoms with Crippen molar-refractivity contribution in [2.24, 2.45) is 4.99 Å². The Balaban J connectivity index is 1.67. The molecule has 3 rings (SSSR count). The Morgan fingerprint density at radius 3 is 2.62 bits per heavy atom. The molecule has 0 aliphatic carbocycles. The minimum atomic E-state index is 0.161. The summed E-state index contributed by atoms with van der Waals surface area (Å²) < 4.78 is 11.0. The lowest BCUT2D eigenvalue weighted by Gasteiger charge is -2.26. The molecular formula is C25H33N5O2. The zero-order valence-electron chi connectivity index (χ0n) is 19.6. The second-order valence-electron chi connectivity index (χ2n) is 7.84. The maximum absolute atomic E-state index is 5.65. The summed E-state index contributed by atoms with van der Waals surface area (Å²) in [4.78, 5) is 11.5. The molecule has 0 radical (unpaired) electrons. The molecule has 0 spiro atoms. The largest absolute Gasteiger partial charge is 0.497 e. The van der Waals surface area contributed by atoms with Crippen LogP contribution in [0.2, 0.25) is 0 Å². The fraction of sp³-hybridized carbons (Fsp3) is 0.360. The Bertz CT molecular complexity index is 1010. The maximum atomic E-state index is 5.65. The average Bonchev–Trinajstić information content (AvgIpc) is 3.27. The molecule has 1 aromatic heterocycles. The van der Waals surface area contributed by atoms with Crippen LogP contribution in [-0.4, -0.2) is 50.1 Å². The highest BCUT2D eigenvalue weighted by Gasteiger charge is 2.15. The number of aryl methyl sites for hydroxylation is 1. The number of nitrogens with zero attached hydrogens (tertiary/aromatic N) is 3. The van der Waals surface area contributed by atoms with Gasteiger partial charge in [-0.2, -0.15) is 0 Å². The predicted octanol–water partition coefficient (Wildman–Crippen LogP) is 4.02. The first-order chi connectivity index (χ1) is 15.5. The number of hydrogen-bond donors (Lipinski definition) is 2. The monoisotopic (exact) mass is 435 g/mol. The molecule has 2 aromatic carbocycles. The van der Waals surface area contributed by atoms with E-state index in [0.717, 1.165) is 29.5 Å². The lowest BCUT2D eigenvalue weighted by molar-refractivity contribution is 0.297. The van der Waals surface area contributed by atoms with E-state index in [0.29, 0.717) is 19.0 Å². The van der Waals surface area contributed by atoms with Gasteiger partial charge in [-0.05, 0) is 57.8 Å². The number of aliphatic imine (C=N–C) groups is 1. The summed E-state index contributed by atoms with van der Waals surface area (Å²) in [6.45, 7) is 6.00. The smallest absolute Gasteiger partial charge is 0.226 e. The lowest BCUT2D eigenvalue weighted by Crippen LogP contribution is -2.41. The topological polar surface area (TPSA) is 74.9 Å². The number of benzene rings is 2. The number of methoxy groups -OCH3 is 1. The second kappa shape index (κ2) is 11.3. The third-order valence-electron chi connectivity index (χ3n) is 5.16. The summed E-state index contributed by atoms with van der Waals surface area (Å²) >= 11 is 0. The lowest BCUT2D eigenvalue weighted by atomic mass is 10.1. The van der Waals surface area contributed by atoms with Crippen LogP contribution >= 0.6 is 0 Å². The number of likely N-dealkylation sites (N-methyl/N-ethyl adjacent to an activating group) is 1. The first-order valence-corrected chi connectivity index (χ1v) is 10.8. The number of nitrogens with one attached hydrogen (secondary N) is 2. The number of rotatable bonds is 9. The van der Waals surface area contributed by atoms with Crippen molar-refractivity contribution in [3.63, 3.8) is 0 Å². The minimum absolute atomic E-state index is 0.161. The Kier molecular flexibility index (Phi) is 8.27. The molecule has 0 aliphatic rings. The van der Waals surface area contributed by atoms with Crippen LogP contribution in [-0.2, 0) is 6.54 Å². The average molecular weight is 436 g/mol. The Hall–Kier alpha value is -3.32. The van der Waals surface area contributed by atoms with Gasteiger partial charge in [0.2, 0.25) is 5.89 Å². The van der Waals surface area contributed by atoms with Gasteiger partial charge in [0.05, 0.1) is 19.7 Å². The van der Waals surface area contributed by atoms with Crippen molar-refractivity contribution in [2.45, 2.75) is 26.4 Å². The highest BCUT2D eigenvalue weighted by molar-refractivity contribution is 5.79. The van der Waals surface area contributed by atoms with Gasteiger partial charge in [0.25, 0.3) is 0 Å². The van der Waals surface area contributed by atoms with Crippen molar-refractivity contribution in [3.8, 4) is 17.2 Å². The maximum Gasteiger partial charge on any atom is 0.226 e. The van der Waals surface area contributed by atoms with Crippen molar-refractivity contribution in [1.29, 1.82) is 0 Å². The fourth-order valence-electron chi connectivity index (χ4n) is 3.35. The van der Waals surface area contributed by atoms with Gasteiger partial charge in [0.1, 0.15) is 17.7 Å². The summed E-state index contributed by atoms with van der Waals surface area (Å²) in [5, 5.41) is 6.75. The van der Waals surface area contributed by atoms with E-state index in [9.17, 15) is 0 Å². The van der Waals surface area contributed by atoms with Crippen LogP contribution in [0, 0.1) is 6.92 Å². The second-order valence-corrected chi connectivity index (χ2v) is 7.84. The minimum Gasteiger partial charge on any atom is -0.497 e. The fourth-order valence-corrected chi connectivity index (χ4v) is 3.35. The molecule has 3 aromatic rings. The molecule has 0 fully saturated rings. The van der Waals surface area contributed by atoms with E-state index in [4.69, 9.17) is 14.1 Å². The zero-order valence-corrected chi connectivity index (χ0v) is 19.6. The van der Waals surface area contributed by atoms with Gasteiger partial charge in [0.15, 0.2) is 5.96 Å². The predicted molar refractivity (Wildman–Crippen MR) is 129 cm³/mol. The summed E-state index contributed by atoms with van der Waals surface area (Å²) in [6, 6.07) is 16.4. The number of aromatic nitrogens is 1. The summed E-state index contributed by atoms with van der Waals surface area (Å²) in [5.41, 5.74) is 4.13. The molecular weight excluding hydrogens is 402 g/mol. The van der Waals surface area contributed by atoms with Gasteiger partial charge >= 0.3 is 0 Å². The zero-order chi connectivity index (χ0) is 22.9. The van der Waals surface area contributed by atoms with Crippen LogP contribution < -0.4 is 15.4 Å². The molecule has 1 unspecified atom stereocenters. The van der Waals surface area contributed by atoms with Crippen molar-refractivity contribution < 1.29 is 9.15 Å². The van der Waals surface area contributed by atoms with Gasteiger partial charge in [-0.1, -0.05) is 29.8 Å². The highest BCUT2D eigenvalue weighted by Crippen LogP contribution is 2.22. The molecule has 7 heteroatoms. The third kappa shape index (κ3) is 6.34. The van der Waals surface area contributed by atoms with Gasteiger partial charge in [-0.15, -0.1) is 0 Å². The Morgan fingerprint density at radius 1 is 1.16 bits per heavy atom. The van der Waals surface area contributed by atoms with E-state index < -0.39 is 0 Å². The van der Waals surface area contributed by atoms with E-state index in [1.54, 1.807) is 13.4 Å². The molecule has 170 valence electrons. The summed E-state index contributed by atoms with van der Waals surface area (Å²) in [7, 11) is 5.82. The SMILES string of the molecule is CCNC(=NCc1coc(-c2ccc(C)cc2)n1)NCC(c1cccc(OC)c1)N(C)C. The van der Waals surface area contributed by atoms with E-state index >= 15 is 0 Å². The molecule has 0 amide bonds. The van der Waals surface area contributed by atoms with Crippen molar-refractivity contribution in [1.82, 2.24) is 20.5 Å². The van der Waals surface area contributed by atoms with Gasteiger partial charge < -0.3 is 24.7 Å². The highest BCUT2D eigenvalue weighted by atomic mass is 16.5. The number of hydrogen-bond acceptors (Lipinski definition) is 5. The number of oxazole rings is 1. The normalized spacial score (nSPS) is 12.6. The molecule has 32 heavy (non-hydrogen) atoms. The van der Waals surface area contributed by atoms with Crippen LogP contribution in [0.25, 0.3) is 11.5 Å². The Morgan fingerprint density at radius 2 is 1.94 bits per heavy atom. The summed E-state index contributed by atoms with van der Waals surface area (Å²) in [5.74, 6) is 2.20. The van der Waals surface area contributed by atoms with Crippen molar-refractivity contribution in [2.75, 3.05) is 34.3 Å². The molecule has 0 saturated heterocycles. The van der Waals surface area contributed by atoms with E-state index in [-0.39, 0.29) is 6.04 Å². The van der Waals surface area contributed by atoms with E-state index in [1.807, 2.05) is 43.3 Å². The van der Waals surface area contributed by atoms with Crippen LogP contribution in [0.15, 0.2) is 64.2 Å². The van der Waals surface area contributed by atoms with E-state index in [1.165, 1.54) is 11.1 Å². The Labute approximate surface area is 190 Å². The molecule has 1 heterocycles. The molecule has 1 atom stereocenters. The first kappa shape index (κ1) is 23.3. The van der Waals surface area contributed by atoms with Crippen molar-refractivity contribution >= 4 is 5.96 Å². The van der Waals surface area contributed by atoms with Crippen LogP contribution in [0.5, 0.6) is 5.75 Å².